The molecule has 0 bridgehead atoms. The van der Waals surface area contributed by atoms with E-state index in [1.807, 2.05) is 0 Å². The molecule has 0 saturated carbocycles. The van der Waals surface area contributed by atoms with Crippen molar-refractivity contribution in [2.45, 2.75) is 50.9 Å². The van der Waals surface area contributed by atoms with Gasteiger partial charge in [0.15, 0.2) is 34.6 Å². The topological polar surface area (TPSA) is 105 Å². The monoisotopic (exact) mass is 621 g/mol. The van der Waals surface area contributed by atoms with Crippen LogP contribution in [0.2, 0.25) is 0 Å². The molecule has 1 aliphatic heterocycles. The van der Waals surface area contributed by atoms with Crippen molar-refractivity contribution >= 4 is 5.97 Å². The second-order valence-corrected chi connectivity index (χ2v) is 10.1. The highest BCUT2D eigenvalue weighted by molar-refractivity contribution is 5.87. The normalized spacial score (nSPS) is 17.6. The Bertz CT molecular complexity index is 1740. The molecule has 3 heterocycles. The molecule has 0 amide bonds. The van der Waals surface area contributed by atoms with Crippen molar-refractivity contribution in [3.8, 4) is 28.8 Å². The van der Waals surface area contributed by atoms with Gasteiger partial charge in [0.2, 0.25) is 0 Å². The second-order valence-electron chi connectivity index (χ2n) is 10.1. The molecule has 0 saturated heterocycles. The van der Waals surface area contributed by atoms with E-state index in [9.17, 15) is 31.1 Å². The first-order valence-electron chi connectivity index (χ1n) is 13.2. The van der Waals surface area contributed by atoms with E-state index in [0.717, 1.165) is 16.9 Å². The van der Waals surface area contributed by atoms with Crippen LogP contribution >= 0.6 is 0 Å². The van der Waals surface area contributed by atoms with Crippen LogP contribution in [0.1, 0.15) is 64.8 Å². The van der Waals surface area contributed by atoms with Gasteiger partial charge in [0.25, 0.3) is 0 Å². The number of pyridine rings is 1. The summed E-state index contributed by atoms with van der Waals surface area (Å²) in [6, 6.07) is 10.4. The van der Waals surface area contributed by atoms with Crippen LogP contribution in [0.15, 0.2) is 54.7 Å². The molecule has 2 aliphatic rings. The lowest BCUT2D eigenvalue weighted by atomic mass is 9.93. The van der Waals surface area contributed by atoms with E-state index in [1.54, 1.807) is 0 Å². The fraction of sp³-hybridized carbons (Fsp3) is 0.276. The first-order valence-corrected chi connectivity index (χ1v) is 13.2. The summed E-state index contributed by atoms with van der Waals surface area (Å²) in [6.45, 7) is 1.51. The minimum Gasteiger partial charge on any atom is -0.484 e. The van der Waals surface area contributed by atoms with E-state index in [0.29, 0.717) is 18.4 Å². The maximum Gasteiger partial charge on any atom is 0.586 e. The standard InChI is InChI=1S/C29H21F6N3O6/c1-14(16-7-10-20-23(11-16)44-29(34,35)43-20)41-22-12-24(36-13-19(22)30)38-25-18(26(37-38)28(31,32)33)3-2-4-21(25)42-17-8-5-15(6-9-17)27(39)40/h5-14,21H,2-4H2,1H3,(H,39,40)/t14-,21-/m0/s1. The van der Waals surface area contributed by atoms with Gasteiger partial charge in [0, 0.05) is 11.6 Å². The molecule has 0 spiro atoms. The maximum atomic E-state index is 14.9. The molecule has 9 nitrogen and oxygen atoms in total. The molecule has 2 aromatic heterocycles. The van der Waals surface area contributed by atoms with Crippen molar-refractivity contribution in [3.63, 3.8) is 0 Å². The number of halogens is 6. The summed E-state index contributed by atoms with van der Waals surface area (Å²) >= 11 is 0. The SMILES string of the molecule is C[C@H](Oc1cc(-n2nc(C(F)(F)F)c3c2[C@@H](Oc2ccc(C(=O)O)cc2)CCC3)ncc1F)c1ccc2c(c1)OC(F)(F)O2. The summed E-state index contributed by atoms with van der Waals surface area (Å²) in [7, 11) is 0. The number of nitrogens with zero attached hydrogens (tertiary/aromatic N) is 3. The molecule has 2 atom stereocenters. The van der Waals surface area contributed by atoms with Gasteiger partial charge < -0.3 is 24.1 Å². The number of aromatic nitrogens is 3. The van der Waals surface area contributed by atoms with Gasteiger partial charge in [0.1, 0.15) is 18.0 Å². The molecule has 0 fully saturated rings. The van der Waals surface area contributed by atoms with Crippen molar-refractivity contribution in [2.75, 3.05) is 0 Å². The van der Waals surface area contributed by atoms with Gasteiger partial charge in [-0.15, -0.1) is 8.78 Å². The molecule has 15 heteroatoms. The van der Waals surface area contributed by atoms with E-state index in [2.05, 4.69) is 19.6 Å². The van der Waals surface area contributed by atoms with Crippen molar-refractivity contribution in [1.29, 1.82) is 0 Å². The average molecular weight is 621 g/mol. The Balaban J connectivity index is 1.34. The van der Waals surface area contributed by atoms with Crippen LogP contribution in [0, 0.1) is 5.82 Å². The first kappa shape index (κ1) is 29.1. The Morgan fingerprint density at radius 3 is 2.55 bits per heavy atom. The van der Waals surface area contributed by atoms with Gasteiger partial charge in [-0.2, -0.15) is 18.3 Å². The van der Waals surface area contributed by atoms with Crippen LogP contribution in [-0.2, 0) is 12.6 Å². The van der Waals surface area contributed by atoms with Crippen LogP contribution in [0.4, 0.5) is 26.3 Å². The fourth-order valence-electron chi connectivity index (χ4n) is 5.09. The third-order valence-electron chi connectivity index (χ3n) is 7.09. The Hall–Kier alpha value is -4.95. The Kier molecular flexibility index (Phi) is 7.05. The summed E-state index contributed by atoms with van der Waals surface area (Å²) in [5.74, 6) is -2.88. The third-order valence-corrected chi connectivity index (χ3v) is 7.09. The maximum absolute atomic E-state index is 14.9. The fourth-order valence-corrected chi connectivity index (χ4v) is 5.09. The first-order chi connectivity index (χ1) is 20.8. The predicted octanol–water partition coefficient (Wildman–Crippen LogP) is 7.04. The average Bonchev–Trinajstić information content (AvgIpc) is 3.51. The highest BCUT2D eigenvalue weighted by Gasteiger charge is 2.44. The minimum absolute atomic E-state index is 0.00189. The minimum atomic E-state index is -4.82. The van der Waals surface area contributed by atoms with E-state index < -0.39 is 42.2 Å². The molecular formula is C29H21F6N3O6. The second kappa shape index (κ2) is 10.6. The number of benzene rings is 2. The summed E-state index contributed by atoms with van der Waals surface area (Å²) in [6.07, 6.45) is -9.03. The van der Waals surface area contributed by atoms with Gasteiger partial charge >= 0.3 is 18.4 Å². The number of carbonyl (C=O) groups is 1. The molecule has 1 aliphatic carbocycles. The molecule has 44 heavy (non-hydrogen) atoms. The number of hydrogen-bond acceptors (Lipinski definition) is 7. The van der Waals surface area contributed by atoms with Crippen LogP contribution in [0.5, 0.6) is 23.0 Å². The number of ether oxygens (including phenoxy) is 4. The summed E-state index contributed by atoms with van der Waals surface area (Å²) in [5.41, 5.74) is -0.861. The third kappa shape index (κ3) is 5.56. The highest BCUT2D eigenvalue weighted by Crippen LogP contribution is 2.44. The lowest BCUT2D eigenvalue weighted by Crippen LogP contribution is -2.25. The van der Waals surface area contributed by atoms with Gasteiger partial charge in [-0.25, -0.2) is 18.9 Å². The number of fused-ring (bicyclic) bond motifs is 2. The largest absolute Gasteiger partial charge is 0.586 e. The summed E-state index contributed by atoms with van der Waals surface area (Å²) < 4.78 is 105. The number of carboxylic acid groups (broad SMARTS) is 1. The molecule has 230 valence electrons. The number of alkyl halides is 5. The molecule has 2 aromatic carbocycles. The van der Waals surface area contributed by atoms with E-state index in [-0.39, 0.29) is 52.1 Å². The number of carboxylic acids is 1. The molecule has 0 unspecified atom stereocenters. The zero-order chi connectivity index (χ0) is 31.4. The molecule has 4 aromatic rings. The molecule has 1 N–H and O–H groups in total. The summed E-state index contributed by atoms with van der Waals surface area (Å²) in [4.78, 5) is 15.2. The van der Waals surface area contributed by atoms with Gasteiger partial charge in [-0.3, -0.25) is 0 Å². The lowest BCUT2D eigenvalue weighted by molar-refractivity contribution is -0.286. The molecule has 0 radical (unpaired) electrons. The van der Waals surface area contributed by atoms with E-state index in [1.165, 1.54) is 49.4 Å². The number of rotatable bonds is 7. The van der Waals surface area contributed by atoms with Crippen LogP contribution in [0.25, 0.3) is 5.82 Å². The van der Waals surface area contributed by atoms with Crippen LogP contribution in [0.3, 0.4) is 0 Å². The molecular weight excluding hydrogens is 600 g/mol. The van der Waals surface area contributed by atoms with E-state index in [4.69, 9.17) is 14.6 Å². The number of hydrogen-bond donors (Lipinski definition) is 1. The smallest absolute Gasteiger partial charge is 0.484 e. The lowest BCUT2D eigenvalue weighted by Gasteiger charge is -2.25. The van der Waals surface area contributed by atoms with Crippen molar-refractivity contribution in [3.05, 3.63) is 88.6 Å². The van der Waals surface area contributed by atoms with Gasteiger partial charge in [-0.05, 0) is 68.1 Å². The van der Waals surface area contributed by atoms with Gasteiger partial charge in [0.05, 0.1) is 17.5 Å². The van der Waals surface area contributed by atoms with Crippen LogP contribution < -0.4 is 18.9 Å². The van der Waals surface area contributed by atoms with E-state index >= 15 is 0 Å². The quantitative estimate of drug-likeness (QED) is 0.219. The zero-order valence-electron chi connectivity index (χ0n) is 22.6. The molecule has 6 rings (SSSR count). The van der Waals surface area contributed by atoms with Crippen molar-refractivity contribution in [1.82, 2.24) is 14.8 Å². The van der Waals surface area contributed by atoms with Crippen molar-refractivity contribution in [2.24, 2.45) is 0 Å². The Morgan fingerprint density at radius 2 is 1.84 bits per heavy atom. The zero-order valence-corrected chi connectivity index (χ0v) is 22.6. The number of aromatic carboxylic acids is 1. The Labute approximate surface area is 244 Å². The highest BCUT2D eigenvalue weighted by atomic mass is 19.4. The summed E-state index contributed by atoms with van der Waals surface area (Å²) in [5, 5.41) is 13.0. The van der Waals surface area contributed by atoms with Crippen molar-refractivity contribution < 1.29 is 55.2 Å². The predicted molar refractivity (Wildman–Crippen MR) is 138 cm³/mol. The Morgan fingerprint density at radius 1 is 1.11 bits per heavy atom. The van der Waals surface area contributed by atoms with Crippen LogP contribution in [-0.4, -0.2) is 32.1 Å². The van der Waals surface area contributed by atoms with Gasteiger partial charge in [-0.1, -0.05) is 6.07 Å².